The van der Waals surface area contributed by atoms with Gasteiger partial charge in [-0.15, -0.1) is 0 Å². The Morgan fingerprint density at radius 3 is 2.43 bits per heavy atom. The Balaban J connectivity index is 1.48. The number of carbonyl (C=O) groups is 2. The fourth-order valence-electron chi connectivity index (χ4n) is 2.85. The molecule has 2 aromatic carbocycles. The third-order valence-electron chi connectivity index (χ3n) is 4.67. The van der Waals surface area contributed by atoms with Crippen molar-refractivity contribution in [1.29, 1.82) is 0 Å². The zero-order chi connectivity index (χ0) is 20.1. The maximum absolute atomic E-state index is 13.9. The second-order valence-electron chi connectivity index (χ2n) is 6.90. The molecule has 2 aromatic rings. The largest absolute Gasteiger partial charge is 0.350 e. The van der Waals surface area contributed by atoms with Crippen LogP contribution in [0.3, 0.4) is 0 Å². The van der Waals surface area contributed by atoms with Crippen LogP contribution >= 0.6 is 0 Å². The molecule has 0 heterocycles. The number of carbonyl (C=O) groups excluding carboxylic acids is 2. The van der Waals surface area contributed by atoms with Gasteiger partial charge in [0.15, 0.2) is 0 Å². The quantitative estimate of drug-likeness (QED) is 0.716. The van der Waals surface area contributed by atoms with Gasteiger partial charge in [-0.2, -0.15) is 0 Å². The van der Waals surface area contributed by atoms with E-state index in [-0.39, 0.29) is 43.1 Å². The molecule has 0 radical (unpaired) electrons. The van der Waals surface area contributed by atoms with E-state index in [2.05, 4.69) is 10.6 Å². The van der Waals surface area contributed by atoms with Crippen LogP contribution in [0.15, 0.2) is 42.5 Å². The molecule has 148 valence electrons. The van der Waals surface area contributed by atoms with E-state index in [1.54, 1.807) is 42.2 Å². The highest BCUT2D eigenvalue weighted by atomic mass is 19.1. The summed E-state index contributed by atoms with van der Waals surface area (Å²) in [6.07, 6.45) is 1.80. The molecule has 1 aliphatic rings. The number of urea groups is 1. The van der Waals surface area contributed by atoms with Gasteiger partial charge >= 0.3 is 6.03 Å². The first-order chi connectivity index (χ1) is 13.5. The topological polar surface area (TPSA) is 61.4 Å². The van der Waals surface area contributed by atoms with E-state index in [4.69, 9.17) is 0 Å². The maximum Gasteiger partial charge on any atom is 0.318 e. The monoisotopic (exact) mass is 387 g/mol. The number of hydrogen-bond acceptors (Lipinski definition) is 2. The molecule has 0 aromatic heterocycles. The molecular formula is C21H23F2N3O2. The van der Waals surface area contributed by atoms with Gasteiger partial charge in [-0.05, 0) is 43.5 Å². The summed E-state index contributed by atoms with van der Waals surface area (Å²) in [7, 11) is 0. The van der Waals surface area contributed by atoms with E-state index in [1.165, 1.54) is 12.1 Å². The maximum atomic E-state index is 13.9. The van der Waals surface area contributed by atoms with Crippen molar-refractivity contribution in [2.45, 2.75) is 32.4 Å². The molecule has 0 atom stereocenters. The van der Waals surface area contributed by atoms with Gasteiger partial charge in [0.25, 0.3) is 5.91 Å². The molecule has 3 rings (SSSR count). The van der Waals surface area contributed by atoms with Gasteiger partial charge in [-0.3, -0.25) is 4.79 Å². The number of rotatable bonds is 7. The standard InChI is InChI=1S/C21H23F2N3O2/c1-14-6-7-15(12-19(14)23)20(27)24-10-11-25-21(28)26(17-8-9-17)13-16-4-2-3-5-18(16)22/h2-7,12,17H,8-11,13H2,1H3,(H,24,27)(H,25,28). The highest BCUT2D eigenvalue weighted by Crippen LogP contribution is 2.28. The van der Waals surface area contributed by atoms with Crippen molar-refractivity contribution in [3.8, 4) is 0 Å². The number of halogens is 2. The minimum atomic E-state index is -0.436. The minimum absolute atomic E-state index is 0.115. The Morgan fingerprint density at radius 2 is 1.75 bits per heavy atom. The van der Waals surface area contributed by atoms with Gasteiger partial charge in [0.1, 0.15) is 11.6 Å². The second kappa shape index (κ2) is 8.82. The summed E-state index contributed by atoms with van der Waals surface area (Å²) in [6.45, 7) is 2.26. The third kappa shape index (κ3) is 5.06. The molecule has 0 aliphatic heterocycles. The zero-order valence-corrected chi connectivity index (χ0v) is 15.7. The van der Waals surface area contributed by atoms with Crippen LogP contribution in [0.5, 0.6) is 0 Å². The number of aryl methyl sites for hydroxylation is 1. The summed E-state index contributed by atoms with van der Waals surface area (Å²) >= 11 is 0. The van der Waals surface area contributed by atoms with Crippen LogP contribution in [0.4, 0.5) is 13.6 Å². The number of benzene rings is 2. The molecule has 1 fully saturated rings. The second-order valence-corrected chi connectivity index (χ2v) is 6.90. The van der Waals surface area contributed by atoms with E-state index in [0.717, 1.165) is 12.8 Å². The average molecular weight is 387 g/mol. The lowest BCUT2D eigenvalue weighted by atomic mass is 10.1. The summed E-state index contributed by atoms with van der Waals surface area (Å²) in [5.41, 5.74) is 1.17. The van der Waals surface area contributed by atoms with Gasteiger partial charge < -0.3 is 15.5 Å². The van der Waals surface area contributed by atoms with E-state index in [1.807, 2.05) is 0 Å². The molecule has 5 nitrogen and oxygen atoms in total. The molecule has 2 N–H and O–H groups in total. The van der Waals surface area contributed by atoms with Crippen LogP contribution in [0.1, 0.15) is 34.3 Å². The van der Waals surface area contributed by atoms with Crippen LogP contribution < -0.4 is 10.6 Å². The normalized spacial score (nSPS) is 13.1. The van der Waals surface area contributed by atoms with Gasteiger partial charge in [-0.25, -0.2) is 13.6 Å². The highest BCUT2D eigenvalue weighted by molar-refractivity contribution is 5.94. The van der Waals surface area contributed by atoms with E-state index >= 15 is 0 Å². The molecule has 3 amide bonds. The van der Waals surface area contributed by atoms with Crippen molar-refractivity contribution < 1.29 is 18.4 Å². The van der Waals surface area contributed by atoms with Gasteiger partial charge in [0.05, 0.1) is 6.54 Å². The molecule has 1 aliphatic carbocycles. The Bertz CT molecular complexity index is 868. The van der Waals surface area contributed by atoms with Crippen molar-refractivity contribution in [2.75, 3.05) is 13.1 Å². The number of hydrogen-bond donors (Lipinski definition) is 2. The summed E-state index contributed by atoms with van der Waals surface area (Å²) in [4.78, 5) is 26.1. The lowest BCUT2D eigenvalue weighted by molar-refractivity contribution is 0.0953. The zero-order valence-electron chi connectivity index (χ0n) is 15.7. The number of nitrogens with one attached hydrogen (secondary N) is 2. The molecule has 0 bridgehead atoms. The lowest BCUT2D eigenvalue weighted by Gasteiger charge is -2.23. The van der Waals surface area contributed by atoms with Crippen molar-refractivity contribution in [3.63, 3.8) is 0 Å². The fraction of sp³-hybridized carbons (Fsp3) is 0.333. The first-order valence-electron chi connectivity index (χ1n) is 9.28. The average Bonchev–Trinajstić information content (AvgIpc) is 3.51. The van der Waals surface area contributed by atoms with Crippen LogP contribution in [0.25, 0.3) is 0 Å². The van der Waals surface area contributed by atoms with Crippen LogP contribution in [0.2, 0.25) is 0 Å². The molecule has 0 saturated heterocycles. The van der Waals surface area contributed by atoms with Crippen LogP contribution in [0, 0.1) is 18.6 Å². The van der Waals surface area contributed by atoms with E-state index in [0.29, 0.717) is 11.1 Å². The lowest BCUT2D eigenvalue weighted by Crippen LogP contribution is -2.43. The van der Waals surface area contributed by atoms with Crippen molar-refractivity contribution >= 4 is 11.9 Å². The molecule has 0 unspecified atom stereocenters. The SMILES string of the molecule is Cc1ccc(C(=O)NCCNC(=O)N(Cc2ccccc2F)C2CC2)cc1F. The third-order valence-corrected chi connectivity index (χ3v) is 4.67. The first-order valence-corrected chi connectivity index (χ1v) is 9.28. The van der Waals surface area contributed by atoms with Crippen LogP contribution in [-0.4, -0.2) is 36.0 Å². The Labute approximate surface area is 162 Å². The molecule has 0 spiro atoms. The first kappa shape index (κ1) is 19.8. The summed E-state index contributed by atoms with van der Waals surface area (Å²) in [6, 6.07) is 10.5. The smallest absolute Gasteiger partial charge is 0.318 e. The van der Waals surface area contributed by atoms with Crippen LogP contribution in [-0.2, 0) is 6.54 Å². The number of amides is 3. The van der Waals surface area contributed by atoms with Gasteiger partial charge in [0.2, 0.25) is 0 Å². The van der Waals surface area contributed by atoms with Gasteiger partial charge in [-0.1, -0.05) is 24.3 Å². The van der Waals surface area contributed by atoms with Crippen molar-refractivity contribution in [2.24, 2.45) is 0 Å². The predicted octanol–water partition coefficient (Wildman–Crippen LogP) is 3.38. The Kier molecular flexibility index (Phi) is 6.23. The predicted molar refractivity (Wildman–Crippen MR) is 102 cm³/mol. The summed E-state index contributed by atoms with van der Waals surface area (Å²) < 4.78 is 27.4. The minimum Gasteiger partial charge on any atom is -0.350 e. The summed E-state index contributed by atoms with van der Waals surface area (Å²) in [5.74, 6) is -1.17. The van der Waals surface area contributed by atoms with E-state index < -0.39 is 11.7 Å². The Morgan fingerprint density at radius 1 is 1.04 bits per heavy atom. The van der Waals surface area contributed by atoms with Crippen molar-refractivity contribution in [3.05, 3.63) is 70.8 Å². The van der Waals surface area contributed by atoms with Crippen molar-refractivity contribution in [1.82, 2.24) is 15.5 Å². The highest BCUT2D eigenvalue weighted by Gasteiger charge is 2.32. The fourth-order valence-corrected chi connectivity index (χ4v) is 2.85. The molecule has 1 saturated carbocycles. The number of nitrogens with zero attached hydrogens (tertiary/aromatic N) is 1. The molecule has 28 heavy (non-hydrogen) atoms. The summed E-state index contributed by atoms with van der Waals surface area (Å²) in [5, 5.41) is 5.39. The van der Waals surface area contributed by atoms with E-state index in [9.17, 15) is 18.4 Å². The Hall–Kier alpha value is -2.96. The van der Waals surface area contributed by atoms with Gasteiger partial charge in [0, 0.05) is 30.3 Å². The molecular weight excluding hydrogens is 364 g/mol. The molecule has 7 heteroatoms.